The van der Waals surface area contributed by atoms with Crippen molar-refractivity contribution in [2.24, 2.45) is 0 Å². The van der Waals surface area contributed by atoms with Crippen molar-refractivity contribution in [1.82, 2.24) is 0 Å². The first-order valence-electron chi connectivity index (χ1n) is 5.68. The van der Waals surface area contributed by atoms with E-state index in [0.717, 1.165) is 4.90 Å². The van der Waals surface area contributed by atoms with Gasteiger partial charge in [0, 0.05) is 15.6 Å². The zero-order valence-electron chi connectivity index (χ0n) is 10.2. The number of halogens is 3. The molecule has 0 unspecified atom stereocenters. The third-order valence-corrected chi connectivity index (χ3v) is 4.11. The van der Waals surface area contributed by atoms with Crippen LogP contribution in [0.4, 0.5) is 10.1 Å². The maximum Gasteiger partial charge on any atom is 0.234 e. The van der Waals surface area contributed by atoms with Crippen molar-refractivity contribution in [2.45, 2.75) is 4.90 Å². The first kappa shape index (κ1) is 15.2. The van der Waals surface area contributed by atoms with Gasteiger partial charge in [0.2, 0.25) is 5.91 Å². The Morgan fingerprint density at radius 2 is 1.85 bits per heavy atom. The average Bonchev–Trinajstić information content (AvgIpc) is 2.40. The lowest BCUT2D eigenvalue weighted by molar-refractivity contribution is -0.113. The highest BCUT2D eigenvalue weighted by Gasteiger charge is 2.07. The van der Waals surface area contributed by atoms with Crippen LogP contribution < -0.4 is 5.32 Å². The molecule has 0 bridgehead atoms. The normalized spacial score (nSPS) is 10.3. The maximum absolute atomic E-state index is 12.7. The van der Waals surface area contributed by atoms with Crippen LogP contribution in [-0.4, -0.2) is 11.7 Å². The summed E-state index contributed by atoms with van der Waals surface area (Å²) in [7, 11) is 0. The molecule has 2 nitrogen and oxygen atoms in total. The molecule has 2 rings (SSSR count). The minimum absolute atomic E-state index is 0.187. The van der Waals surface area contributed by atoms with Crippen LogP contribution in [0.1, 0.15) is 0 Å². The van der Waals surface area contributed by atoms with Crippen molar-refractivity contribution in [3.8, 4) is 0 Å². The van der Waals surface area contributed by atoms with Crippen LogP contribution in [0.5, 0.6) is 0 Å². The highest BCUT2D eigenvalue weighted by atomic mass is 35.5. The van der Waals surface area contributed by atoms with Crippen molar-refractivity contribution in [1.29, 1.82) is 0 Å². The van der Waals surface area contributed by atoms with Crippen molar-refractivity contribution in [2.75, 3.05) is 11.1 Å². The van der Waals surface area contributed by atoms with E-state index in [1.54, 1.807) is 18.2 Å². The SMILES string of the molecule is O=C(CSc1ccc(Cl)cc1Cl)Nc1ccc(F)cc1. The van der Waals surface area contributed by atoms with E-state index in [-0.39, 0.29) is 17.5 Å². The van der Waals surface area contributed by atoms with E-state index in [1.165, 1.54) is 36.0 Å². The molecule has 0 aliphatic rings. The molecule has 2 aromatic carbocycles. The second kappa shape index (κ2) is 6.97. The molecule has 1 amide bonds. The van der Waals surface area contributed by atoms with E-state index < -0.39 is 0 Å². The van der Waals surface area contributed by atoms with Crippen LogP contribution in [0, 0.1) is 5.82 Å². The molecule has 0 aromatic heterocycles. The molecule has 0 heterocycles. The van der Waals surface area contributed by atoms with E-state index in [4.69, 9.17) is 23.2 Å². The number of rotatable bonds is 4. The van der Waals surface area contributed by atoms with Crippen LogP contribution in [0.25, 0.3) is 0 Å². The standard InChI is InChI=1S/C14H10Cl2FNOS/c15-9-1-6-13(12(16)7-9)20-8-14(19)18-11-4-2-10(17)3-5-11/h1-7H,8H2,(H,18,19). The molecule has 20 heavy (non-hydrogen) atoms. The van der Waals surface area contributed by atoms with E-state index in [0.29, 0.717) is 15.7 Å². The lowest BCUT2D eigenvalue weighted by atomic mass is 10.3. The third-order valence-electron chi connectivity index (χ3n) is 2.38. The summed E-state index contributed by atoms with van der Waals surface area (Å²) in [5.41, 5.74) is 0.555. The summed E-state index contributed by atoms with van der Waals surface area (Å²) in [6, 6.07) is 10.7. The Bertz CT molecular complexity index is 619. The summed E-state index contributed by atoms with van der Waals surface area (Å²) in [4.78, 5) is 12.5. The van der Waals surface area contributed by atoms with E-state index >= 15 is 0 Å². The molecule has 2 aromatic rings. The van der Waals surface area contributed by atoms with Crippen molar-refractivity contribution >= 4 is 46.6 Å². The van der Waals surface area contributed by atoms with Gasteiger partial charge in [-0.3, -0.25) is 4.79 Å². The van der Waals surface area contributed by atoms with Crippen molar-refractivity contribution < 1.29 is 9.18 Å². The molecule has 104 valence electrons. The van der Waals surface area contributed by atoms with Gasteiger partial charge in [-0.2, -0.15) is 0 Å². The van der Waals surface area contributed by atoms with Crippen LogP contribution >= 0.6 is 35.0 Å². The number of carbonyl (C=O) groups is 1. The largest absolute Gasteiger partial charge is 0.325 e. The predicted molar refractivity (Wildman–Crippen MR) is 82.2 cm³/mol. The molecule has 0 aliphatic heterocycles. The predicted octanol–water partition coefficient (Wildman–Crippen LogP) is 4.86. The van der Waals surface area contributed by atoms with Crippen LogP contribution in [0.15, 0.2) is 47.4 Å². The van der Waals surface area contributed by atoms with E-state index in [9.17, 15) is 9.18 Å². The molecule has 0 atom stereocenters. The van der Waals surface area contributed by atoms with Gasteiger partial charge >= 0.3 is 0 Å². The Hall–Kier alpha value is -1.23. The second-order valence-corrected chi connectivity index (χ2v) is 5.78. The second-order valence-electron chi connectivity index (χ2n) is 3.92. The van der Waals surface area contributed by atoms with Crippen LogP contribution in [-0.2, 0) is 4.79 Å². The van der Waals surface area contributed by atoms with Gasteiger partial charge < -0.3 is 5.32 Å². The minimum atomic E-state index is -0.342. The lowest BCUT2D eigenvalue weighted by Gasteiger charge is -2.06. The minimum Gasteiger partial charge on any atom is -0.325 e. The molecule has 0 spiro atoms. The fourth-order valence-corrected chi connectivity index (χ4v) is 2.76. The monoisotopic (exact) mass is 329 g/mol. The number of anilines is 1. The first-order chi connectivity index (χ1) is 9.54. The molecule has 0 saturated carbocycles. The van der Waals surface area contributed by atoms with E-state index in [2.05, 4.69) is 5.32 Å². The molecule has 6 heteroatoms. The zero-order valence-corrected chi connectivity index (χ0v) is 12.5. The van der Waals surface area contributed by atoms with Crippen molar-refractivity contribution in [3.05, 3.63) is 58.3 Å². The fourth-order valence-electron chi connectivity index (χ4n) is 1.47. The number of hydrogen-bond donors (Lipinski definition) is 1. The number of amides is 1. The topological polar surface area (TPSA) is 29.1 Å². The molecule has 0 aliphatic carbocycles. The van der Waals surface area contributed by atoms with Crippen LogP contribution in [0.2, 0.25) is 10.0 Å². The van der Waals surface area contributed by atoms with Gasteiger partial charge in [0.05, 0.1) is 10.8 Å². The van der Waals surface area contributed by atoms with Crippen molar-refractivity contribution in [3.63, 3.8) is 0 Å². The summed E-state index contributed by atoms with van der Waals surface area (Å²) >= 11 is 13.1. The Balaban J connectivity index is 1.90. The highest BCUT2D eigenvalue weighted by Crippen LogP contribution is 2.29. The van der Waals surface area contributed by atoms with Gasteiger partial charge in [0.25, 0.3) is 0 Å². The summed E-state index contributed by atoms with van der Waals surface area (Å²) in [6.45, 7) is 0. The van der Waals surface area contributed by atoms with Gasteiger partial charge in [-0.15, -0.1) is 11.8 Å². The molecule has 1 N–H and O–H groups in total. The number of thioether (sulfide) groups is 1. The van der Waals surface area contributed by atoms with Crippen LogP contribution in [0.3, 0.4) is 0 Å². The molecular weight excluding hydrogens is 320 g/mol. The molecular formula is C14H10Cl2FNOS. The summed E-state index contributed by atoms with van der Waals surface area (Å²) in [5, 5.41) is 3.74. The van der Waals surface area contributed by atoms with E-state index in [1.807, 2.05) is 0 Å². The third kappa shape index (κ3) is 4.40. The lowest BCUT2D eigenvalue weighted by Crippen LogP contribution is -2.13. The summed E-state index contributed by atoms with van der Waals surface area (Å²) in [5.74, 6) is -0.323. The number of benzene rings is 2. The summed E-state index contributed by atoms with van der Waals surface area (Å²) < 4.78 is 12.7. The fraction of sp³-hybridized carbons (Fsp3) is 0.0714. The van der Waals surface area contributed by atoms with Gasteiger partial charge in [0.1, 0.15) is 5.82 Å². The van der Waals surface area contributed by atoms with Gasteiger partial charge in [-0.05, 0) is 42.5 Å². The number of nitrogens with one attached hydrogen (secondary N) is 1. The Kier molecular flexibility index (Phi) is 5.29. The maximum atomic E-state index is 12.7. The highest BCUT2D eigenvalue weighted by molar-refractivity contribution is 8.00. The molecule has 0 fully saturated rings. The Labute approximate surface area is 130 Å². The Morgan fingerprint density at radius 3 is 2.50 bits per heavy atom. The molecule has 0 radical (unpaired) electrons. The molecule has 0 saturated heterocycles. The average molecular weight is 330 g/mol. The van der Waals surface area contributed by atoms with Gasteiger partial charge in [0.15, 0.2) is 0 Å². The number of carbonyl (C=O) groups excluding carboxylic acids is 1. The van der Waals surface area contributed by atoms with Gasteiger partial charge in [-0.25, -0.2) is 4.39 Å². The zero-order chi connectivity index (χ0) is 14.5. The summed E-state index contributed by atoms with van der Waals surface area (Å²) in [6.07, 6.45) is 0. The Morgan fingerprint density at radius 1 is 1.15 bits per heavy atom. The first-order valence-corrected chi connectivity index (χ1v) is 7.42. The quantitative estimate of drug-likeness (QED) is 0.811. The smallest absolute Gasteiger partial charge is 0.234 e. The van der Waals surface area contributed by atoms with Gasteiger partial charge in [-0.1, -0.05) is 23.2 Å². The number of hydrogen-bond acceptors (Lipinski definition) is 2.